The van der Waals surface area contributed by atoms with Gasteiger partial charge >= 0.3 is 0 Å². The number of furan rings is 1. The summed E-state index contributed by atoms with van der Waals surface area (Å²) in [6.45, 7) is 4.83. The maximum absolute atomic E-state index is 12.1. The van der Waals surface area contributed by atoms with Crippen molar-refractivity contribution >= 4 is 5.91 Å². The molecule has 0 radical (unpaired) electrons. The van der Waals surface area contributed by atoms with Crippen LogP contribution in [0.2, 0.25) is 0 Å². The molecule has 0 aliphatic carbocycles. The molecule has 2 heterocycles. The maximum atomic E-state index is 12.1. The Morgan fingerprint density at radius 3 is 2.94 bits per heavy atom. The van der Waals surface area contributed by atoms with Gasteiger partial charge in [0, 0.05) is 19.5 Å². The highest BCUT2D eigenvalue weighted by molar-refractivity contribution is 5.91. The van der Waals surface area contributed by atoms with E-state index in [1.807, 2.05) is 13.0 Å². The number of aliphatic hydroxyl groups is 1. The Bertz CT molecular complexity index is 409. The summed E-state index contributed by atoms with van der Waals surface area (Å²) in [4.78, 5) is 13.8. The molecule has 1 fully saturated rings. The maximum Gasteiger partial charge on any atom is 0.289 e. The molecule has 0 saturated carbocycles. The van der Waals surface area contributed by atoms with Crippen molar-refractivity contribution in [2.45, 2.75) is 38.7 Å². The van der Waals surface area contributed by atoms with Gasteiger partial charge in [0.1, 0.15) is 5.76 Å². The molecular formula is C13H19NO3. The molecular weight excluding hydrogens is 218 g/mol. The van der Waals surface area contributed by atoms with Gasteiger partial charge in [0.25, 0.3) is 5.91 Å². The minimum absolute atomic E-state index is 0.121. The lowest BCUT2D eigenvalue weighted by Crippen LogP contribution is -2.48. The van der Waals surface area contributed by atoms with E-state index in [4.69, 9.17) is 4.42 Å². The van der Waals surface area contributed by atoms with Crippen LogP contribution in [-0.2, 0) is 6.42 Å². The third kappa shape index (κ3) is 2.69. The van der Waals surface area contributed by atoms with Gasteiger partial charge in [-0.1, -0.05) is 6.92 Å². The molecule has 1 atom stereocenters. The Labute approximate surface area is 101 Å². The van der Waals surface area contributed by atoms with Crippen LogP contribution < -0.4 is 0 Å². The number of piperidine rings is 1. The Balaban J connectivity index is 2.09. The molecule has 4 nitrogen and oxygen atoms in total. The first-order valence-electron chi connectivity index (χ1n) is 6.12. The number of β-amino-alcohol motifs (C(OH)–C–C–N with tert-alkyl or cyclic N) is 1. The van der Waals surface area contributed by atoms with Gasteiger partial charge in [-0.2, -0.15) is 0 Å². The van der Waals surface area contributed by atoms with E-state index in [1.165, 1.54) is 0 Å². The summed E-state index contributed by atoms with van der Waals surface area (Å²) in [5.41, 5.74) is -0.770. The SMILES string of the molecule is CCc1ccc(C(=O)N2CCCC(C)(O)C2)o1. The largest absolute Gasteiger partial charge is 0.456 e. The molecule has 4 heteroatoms. The van der Waals surface area contributed by atoms with Crippen molar-refractivity contribution in [1.82, 2.24) is 4.90 Å². The molecule has 1 aliphatic rings. The van der Waals surface area contributed by atoms with Gasteiger partial charge in [0.05, 0.1) is 5.60 Å². The van der Waals surface area contributed by atoms with E-state index in [1.54, 1.807) is 17.9 Å². The van der Waals surface area contributed by atoms with Gasteiger partial charge in [-0.15, -0.1) is 0 Å². The van der Waals surface area contributed by atoms with Crippen LogP contribution in [-0.4, -0.2) is 34.6 Å². The summed E-state index contributed by atoms with van der Waals surface area (Å²) in [7, 11) is 0. The van der Waals surface area contributed by atoms with Crippen LogP contribution >= 0.6 is 0 Å². The minimum Gasteiger partial charge on any atom is -0.456 e. The first-order chi connectivity index (χ1) is 8.02. The Morgan fingerprint density at radius 2 is 2.35 bits per heavy atom. The van der Waals surface area contributed by atoms with E-state index in [0.29, 0.717) is 18.8 Å². The van der Waals surface area contributed by atoms with Crippen LogP contribution in [0.3, 0.4) is 0 Å². The first-order valence-corrected chi connectivity index (χ1v) is 6.12. The number of likely N-dealkylation sites (tertiary alicyclic amines) is 1. The summed E-state index contributed by atoms with van der Waals surface area (Å²) in [5, 5.41) is 9.97. The highest BCUT2D eigenvalue weighted by Gasteiger charge is 2.32. The monoisotopic (exact) mass is 237 g/mol. The Morgan fingerprint density at radius 1 is 1.59 bits per heavy atom. The average Bonchev–Trinajstić information content (AvgIpc) is 2.75. The predicted octanol–water partition coefficient (Wildman–Crippen LogP) is 1.83. The zero-order chi connectivity index (χ0) is 12.5. The summed E-state index contributed by atoms with van der Waals surface area (Å²) in [5.74, 6) is 1.07. The quantitative estimate of drug-likeness (QED) is 0.853. The van der Waals surface area contributed by atoms with Crippen molar-refractivity contribution in [3.63, 3.8) is 0 Å². The lowest BCUT2D eigenvalue weighted by Gasteiger charge is -2.36. The van der Waals surface area contributed by atoms with Gasteiger partial charge in [-0.25, -0.2) is 0 Å². The second-order valence-electron chi connectivity index (χ2n) is 4.95. The molecule has 0 spiro atoms. The molecule has 1 saturated heterocycles. The van der Waals surface area contributed by atoms with Crippen LogP contribution in [0.1, 0.15) is 43.0 Å². The highest BCUT2D eigenvalue weighted by atomic mass is 16.4. The van der Waals surface area contributed by atoms with Crippen LogP contribution in [0.4, 0.5) is 0 Å². The fourth-order valence-corrected chi connectivity index (χ4v) is 2.23. The highest BCUT2D eigenvalue weighted by Crippen LogP contribution is 2.22. The van der Waals surface area contributed by atoms with Crippen molar-refractivity contribution in [2.75, 3.05) is 13.1 Å². The van der Waals surface area contributed by atoms with E-state index < -0.39 is 5.60 Å². The predicted molar refractivity (Wildman–Crippen MR) is 63.8 cm³/mol. The normalized spacial score (nSPS) is 25.0. The molecule has 2 rings (SSSR count). The fourth-order valence-electron chi connectivity index (χ4n) is 2.23. The number of carbonyl (C=O) groups excluding carboxylic acids is 1. The van der Waals surface area contributed by atoms with Crippen molar-refractivity contribution in [2.24, 2.45) is 0 Å². The number of hydrogen-bond acceptors (Lipinski definition) is 3. The lowest BCUT2D eigenvalue weighted by molar-refractivity contribution is -0.0117. The molecule has 1 unspecified atom stereocenters. The van der Waals surface area contributed by atoms with Crippen LogP contribution in [0.25, 0.3) is 0 Å². The second-order valence-corrected chi connectivity index (χ2v) is 4.95. The van der Waals surface area contributed by atoms with Crippen molar-refractivity contribution in [3.8, 4) is 0 Å². The molecule has 1 N–H and O–H groups in total. The zero-order valence-electron chi connectivity index (χ0n) is 10.4. The van der Waals surface area contributed by atoms with E-state index >= 15 is 0 Å². The van der Waals surface area contributed by atoms with E-state index in [-0.39, 0.29) is 5.91 Å². The molecule has 1 amide bonds. The van der Waals surface area contributed by atoms with Gasteiger partial charge in [0.15, 0.2) is 5.76 Å². The molecule has 0 aromatic carbocycles. The van der Waals surface area contributed by atoms with Crippen molar-refractivity contribution in [1.29, 1.82) is 0 Å². The molecule has 94 valence electrons. The Hall–Kier alpha value is -1.29. The molecule has 17 heavy (non-hydrogen) atoms. The number of amides is 1. The number of aryl methyl sites for hydroxylation is 1. The smallest absolute Gasteiger partial charge is 0.289 e. The third-order valence-electron chi connectivity index (χ3n) is 3.18. The zero-order valence-corrected chi connectivity index (χ0v) is 10.4. The average molecular weight is 237 g/mol. The van der Waals surface area contributed by atoms with E-state index in [9.17, 15) is 9.90 Å². The first kappa shape index (κ1) is 12.2. The topological polar surface area (TPSA) is 53.7 Å². The van der Waals surface area contributed by atoms with Crippen LogP contribution in [0.5, 0.6) is 0 Å². The molecule has 1 aliphatic heterocycles. The molecule has 1 aromatic heterocycles. The summed E-state index contributed by atoms with van der Waals surface area (Å²) in [6.07, 6.45) is 2.36. The summed E-state index contributed by atoms with van der Waals surface area (Å²) < 4.78 is 5.44. The molecule has 0 bridgehead atoms. The summed E-state index contributed by atoms with van der Waals surface area (Å²) in [6, 6.07) is 3.54. The van der Waals surface area contributed by atoms with Crippen LogP contribution in [0, 0.1) is 0 Å². The van der Waals surface area contributed by atoms with Crippen molar-refractivity contribution in [3.05, 3.63) is 23.7 Å². The molecule has 1 aromatic rings. The number of carbonyl (C=O) groups is 1. The third-order valence-corrected chi connectivity index (χ3v) is 3.18. The number of nitrogens with zero attached hydrogens (tertiary/aromatic N) is 1. The Kier molecular flexibility index (Phi) is 3.24. The van der Waals surface area contributed by atoms with E-state index in [0.717, 1.165) is 25.0 Å². The van der Waals surface area contributed by atoms with E-state index in [2.05, 4.69) is 0 Å². The standard InChI is InChI=1S/C13H19NO3/c1-3-10-5-6-11(17-10)12(15)14-8-4-7-13(2,16)9-14/h5-6,16H,3-4,7-9H2,1-2H3. The van der Waals surface area contributed by atoms with Gasteiger partial charge in [-0.3, -0.25) is 4.79 Å². The van der Waals surface area contributed by atoms with Crippen LogP contribution in [0.15, 0.2) is 16.5 Å². The second kappa shape index (κ2) is 4.53. The number of rotatable bonds is 2. The van der Waals surface area contributed by atoms with Gasteiger partial charge in [-0.05, 0) is 31.9 Å². The fraction of sp³-hybridized carbons (Fsp3) is 0.615. The summed E-state index contributed by atoms with van der Waals surface area (Å²) >= 11 is 0. The van der Waals surface area contributed by atoms with Gasteiger partial charge < -0.3 is 14.4 Å². The van der Waals surface area contributed by atoms with Crippen molar-refractivity contribution < 1.29 is 14.3 Å². The van der Waals surface area contributed by atoms with Gasteiger partial charge in [0.2, 0.25) is 0 Å². The lowest BCUT2D eigenvalue weighted by atomic mass is 9.95. The minimum atomic E-state index is -0.770. The number of hydrogen-bond donors (Lipinski definition) is 1.